The molecular formula is C22H27F3N4O4. The molecule has 0 bridgehead atoms. The van der Waals surface area contributed by atoms with E-state index in [-0.39, 0.29) is 43.0 Å². The molecule has 1 amide bonds. The van der Waals surface area contributed by atoms with Gasteiger partial charge >= 0.3 is 11.9 Å². The van der Waals surface area contributed by atoms with Crippen molar-refractivity contribution in [1.82, 2.24) is 9.55 Å². The van der Waals surface area contributed by atoms with E-state index in [4.69, 9.17) is 10.5 Å². The second-order valence-corrected chi connectivity index (χ2v) is 8.55. The number of nitrogens with zero attached hydrogens (tertiary/aromatic N) is 2. The second kappa shape index (κ2) is 9.42. The van der Waals surface area contributed by atoms with Crippen LogP contribution in [0.4, 0.5) is 24.7 Å². The third kappa shape index (κ3) is 5.29. The van der Waals surface area contributed by atoms with Crippen LogP contribution in [-0.4, -0.2) is 35.7 Å². The number of aromatic amines is 1. The van der Waals surface area contributed by atoms with E-state index in [2.05, 4.69) is 4.98 Å². The number of amides is 1. The highest BCUT2D eigenvalue weighted by Gasteiger charge is 2.47. The van der Waals surface area contributed by atoms with Gasteiger partial charge in [-0.05, 0) is 36.0 Å². The van der Waals surface area contributed by atoms with Crippen LogP contribution in [0.5, 0.6) is 0 Å². The number of carbonyl (C=O) groups is 1. The number of methoxy groups -OCH3 is 1. The topological polar surface area (TPSA) is 110 Å². The van der Waals surface area contributed by atoms with Crippen LogP contribution in [0.15, 0.2) is 33.9 Å². The number of ether oxygens (including phenoxy) is 1. The van der Waals surface area contributed by atoms with Gasteiger partial charge in [-0.1, -0.05) is 26.0 Å². The van der Waals surface area contributed by atoms with Gasteiger partial charge in [0.1, 0.15) is 5.82 Å². The third-order valence-corrected chi connectivity index (χ3v) is 5.59. The van der Waals surface area contributed by atoms with Crippen molar-refractivity contribution in [3.63, 3.8) is 0 Å². The zero-order valence-corrected chi connectivity index (χ0v) is 18.6. The molecular weight excluding hydrogens is 441 g/mol. The van der Waals surface area contributed by atoms with Crippen LogP contribution in [0.1, 0.15) is 37.3 Å². The molecule has 2 atom stereocenters. The van der Waals surface area contributed by atoms with Gasteiger partial charge in [-0.2, -0.15) is 13.2 Å². The summed E-state index contributed by atoms with van der Waals surface area (Å²) in [4.78, 5) is 41.7. The molecule has 2 aromatic rings. The van der Waals surface area contributed by atoms with Crippen molar-refractivity contribution in [2.24, 2.45) is 11.8 Å². The fourth-order valence-electron chi connectivity index (χ4n) is 3.86. The number of H-pyrrole nitrogens is 1. The summed E-state index contributed by atoms with van der Waals surface area (Å²) in [5.41, 5.74) is 4.44. The van der Waals surface area contributed by atoms with E-state index in [1.54, 1.807) is 0 Å². The van der Waals surface area contributed by atoms with Crippen molar-refractivity contribution >= 4 is 17.4 Å². The van der Waals surface area contributed by atoms with Crippen molar-refractivity contribution in [2.45, 2.75) is 38.9 Å². The Balaban J connectivity index is 1.91. The minimum absolute atomic E-state index is 0.0265. The Morgan fingerprint density at radius 3 is 2.45 bits per heavy atom. The monoisotopic (exact) mass is 468 g/mol. The van der Waals surface area contributed by atoms with Crippen LogP contribution in [0, 0.1) is 11.8 Å². The van der Waals surface area contributed by atoms with Crippen LogP contribution in [0.2, 0.25) is 0 Å². The van der Waals surface area contributed by atoms with Gasteiger partial charge in [-0.3, -0.25) is 19.1 Å². The average molecular weight is 468 g/mol. The van der Waals surface area contributed by atoms with Crippen LogP contribution in [-0.2, 0) is 22.3 Å². The molecule has 1 aliphatic carbocycles. The predicted octanol–water partition coefficient (Wildman–Crippen LogP) is 2.58. The molecule has 3 rings (SSSR count). The number of nitrogens with two attached hydrogens (primary N) is 1. The van der Waals surface area contributed by atoms with Gasteiger partial charge in [-0.15, -0.1) is 0 Å². The highest BCUT2D eigenvalue weighted by atomic mass is 19.4. The predicted molar refractivity (Wildman–Crippen MR) is 117 cm³/mol. The van der Waals surface area contributed by atoms with Gasteiger partial charge in [0.2, 0.25) is 5.91 Å². The highest BCUT2D eigenvalue weighted by Crippen LogP contribution is 2.49. The van der Waals surface area contributed by atoms with E-state index in [9.17, 15) is 27.6 Å². The lowest BCUT2D eigenvalue weighted by molar-refractivity contribution is -0.137. The molecule has 0 spiro atoms. The fraction of sp³-hybridized carbons (Fsp3) is 0.500. The van der Waals surface area contributed by atoms with Crippen molar-refractivity contribution in [3.05, 3.63) is 56.2 Å². The van der Waals surface area contributed by atoms with Crippen molar-refractivity contribution in [3.8, 4) is 0 Å². The summed E-state index contributed by atoms with van der Waals surface area (Å²) >= 11 is 0. The van der Waals surface area contributed by atoms with Gasteiger partial charge in [-0.25, -0.2) is 4.79 Å². The fourth-order valence-corrected chi connectivity index (χ4v) is 3.86. The molecule has 1 heterocycles. The van der Waals surface area contributed by atoms with Crippen LogP contribution < -0.4 is 21.9 Å². The molecule has 0 aliphatic heterocycles. The molecule has 3 N–H and O–H groups in total. The quantitative estimate of drug-likeness (QED) is 0.619. The summed E-state index contributed by atoms with van der Waals surface area (Å²) in [5.74, 6) is -1.26. The maximum atomic E-state index is 13.3. The van der Waals surface area contributed by atoms with Gasteiger partial charge < -0.3 is 15.4 Å². The van der Waals surface area contributed by atoms with Gasteiger partial charge in [0, 0.05) is 26.1 Å². The molecule has 1 saturated carbocycles. The van der Waals surface area contributed by atoms with E-state index < -0.39 is 34.8 Å². The van der Waals surface area contributed by atoms with E-state index >= 15 is 0 Å². The van der Waals surface area contributed by atoms with Crippen molar-refractivity contribution in [1.29, 1.82) is 0 Å². The molecule has 180 valence electrons. The van der Waals surface area contributed by atoms with E-state index in [1.165, 1.54) is 28.7 Å². The summed E-state index contributed by atoms with van der Waals surface area (Å²) in [5, 5.41) is 0. The number of alkyl halides is 3. The van der Waals surface area contributed by atoms with Gasteiger partial charge in [0.15, 0.2) is 5.69 Å². The average Bonchev–Trinajstić information content (AvgIpc) is 3.53. The van der Waals surface area contributed by atoms with E-state index in [1.807, 2.05) is 13.8 Å². The Labute approximate surface area is 188 Å². The number of nitrogens with one attached hydrogen (secondary N) is 1. The molecule has 1 aliphatic rings. The Morgan fingerprint density at radius 1 is 1.27 bits per heavy atom. The molecule has 11 heteroatoms. The van der Waals surface area contributed by atoms with E-state index in [0.29, 0.717) is 12.0 Å². The van der Waals surface area contributed by atoms with Crippen LogP contribution in [0.25, 0.3) is 0 Å². The van der Waals surface area contributed by atoms with Crippen LogP contribution in [0.3, 0.4) is 0 Å². The molecule has 33 heavy (non-hydrogen) atoms. The largest absolute Gasteiger partial charge is 0.416 e. The lowest BCUT2D eigenvalue weighted by Crippen LogP contribution is -2.43. The summed E-state index contributed by atoms with van der Waals surface area (Å²) in [6.45, 7) is 4.15. The number of aromatic nitrogens is 2. The summed E-state index contributed by atoms with van der Waals surface area (Å²) in [7, 11) is 1.44. The maximum Gasteiger partial charge on any atom is 0.416 e. The molecule has 1 aromatic carbocycles. The number of halogens is 3. The molecule has 1 aromatic heterocycles. The second-order valence-electron chi connectivity index (χ2n) is 8.55. The lowest BCUT2D eigenvalue weighted by atomic mass is 10.1. The number of anilines is 2. The zero-order chi connectivity index (χ0) is 24.5. The first-order valence-corrected chi connectivity index (χ1v) is 10.6. The first-order valence-electron chi connectivity index (χ1n) is 10.6. The number of hydrogen-bond donors (Lipinski definition) is 2. The molecule has 0 saturated heterocycles. The summed E-state index contributed by atoms with van der Waals surface area (Å²) in [6.07, 6.45) is -4.01. The van der Waals surface area contributed by atoms with Gasteiger partial charge in [0.25, 0.3) is 5.56 Å². The minimum Gasteiger partial charge on any atom is -0.383 e. The number of hydrogen-bond acceptors (Lipinski definition) is 5. The number of rotatable bonds is 8. The third-order valence-electron chi connectivity index (χ3n) is 5.59. The molecule has 2 unspecified atom stereocenters. The summed E-state index contributed by atoms with van der Waals surface area (Å²) < 4.78 is 44.8. The highest BCUT2D eigenvalue weighted by molar-refractivity contribution is 5.99. The Kier molecular flexibility index (Phi) is 7.01. The van der Waals surface area contributed by atoms with Crippen LogP contribution >= 0.6 is 0 Å². The smallest absolute Gasteiger partial charge is 0.383 e. The Bertz CT molecular complexity index is 1120. The SMILES string of the molecule is COCCN(C(=O)C1CC1c1ccc(C(F)(F)F)cc1)c1c(N)n(CC(C)C)c(=O)[nH]c1=O. The Hall–Kier alpha value is -3.08. The van der Waals surface area contributed by atoms with Crippen molar-refractivity contribution in [2.75, 3.05) is 30.9 Å². The van der Waals surface area contributed by atoms with Gasteiger partial charge in [0.05, 0.1) is 12.2 Å². The zero-order valence-electron chi connectivity index (χ0n) is 18.6. The number of nitrogen functional groups attached to an aromatic ring is 1. The minimum atomic E-state index is -4.44. The van der Waals surface area contributed by atoms with Crippen molar-refractivity contribution < 1.29 is 22.7 Å². The number of benzene rings is 1. The number of carbonyl (C=O) groups excluding carboxylic acids is 1. The lowest BCUT2D eigenvalue weighted by Gasteiger charge is -2.25. The summed E-state index contributed by atoms with van der Waals surface area (Å²) in [6, 6.07) is 4.71. The van der Waals surface area contributed by atoms with E-state index in [0.717, 1.165) is 12.1 Å². The normalized spacial score (nSPS) is 17.9. The molecule has 1 fully saturated rings. The standard InChI is InChI=1S/C22H27F3N4O4/c1-12(2)11-29-18(26)17(19(30)27-21(29)32)28(8-9-33-3)20(31)16-10-15(16)13-4-6-14(7-5-13)22(23,24)25/h4-7,12,15-16H,8-11,26H2,1-3H3,(H,27,30,32). The first kappa shape index (κ1) is 24.6. The maximum absolute atomic E-state index is 13.3. The Morgan fingerprint density at radius 2 is 1.91 bits per heavy atom. The molecule has 8 nitrogen and oxygen atoms in total. The molecule has 0 radical (unpaired) electrons. The first-order chi connectivity index (χ1) is 15.5.